The highest BCUT2D eigenvalue weighted by atomic mass is 16.8. The standard InChI is InChI=1S/C13H20O6/c1-3-11(15)18-13(17,19-12(16)4-2)9-7-5-6-8-10-14/h3-4,14,17H,1-2,5-10H2. The Balaban J connectivity index is 4.39. The SMILES string of the molecule is C=CC(=O)OC(O)(CCCCCCO)OC(=O)C=C. The van der Waals surface area contributed by atoms with Crippen LogP contribution >= 0.6 is 0 Å². The minimum atomic E-state index is -2.31. The van der Waals surface area contributed by atoms with Crippen LogP contribution in [0.2, 0.25) is 0 Å². The molecule has 0 saturated carbocycles. The van der Waals surface area contributed by atoms with Crippen LogP contribution in [0.15, 0.2) is 25.3 Å². The van der Waals surface area contributed by atoms with Gasteiger partial charge in [-0.3, -0.25) is 0 Å². The summed E-state index contributed by atoms with van der Waals surface area (Å²) in [5.74, 6) is -4.10. The zero-order chi connectivity index (χ0) is 14.7. The lowest BCUT2D eigenvalue weighted by Crippen LogP contribution is -2.39. The first-order valence-electron chi connectivity index (χ1n) is 6.01. The van der Waals surface area contributed by atoms with Crippen LogP contribution < -0.4 is 0 Å². The first-order chi connectivity index (χ1) is 8.97. The van der Waals surface area contributed by atoms with Gasteiger partial charge in [-0.2, -0.15) is 0 Å². The number of esters is 2. The summed E-state index contributed by atoms with van der Waals surface area (Å²) in [6, 6.07) is 0. The van der Waals surface area contributed by atoms with Gasteiger partial charge in [0.1, 0.15) is 0 Å². The van der Waals surface area contributed by atoms with Crippen LogP contribution in [0.1, 0.15) is 32.1 Å². The van der Waals surface area contributed by atoms with Gasteiger partial charge in [0.05, 0.1) is 6.42 Å². The molecule has 0 fully saturated rings. The van der Waals surface area contributed by atoms with Crippen molar-refractivity contribution in [3.8, 4) is 0 Å². The van der Waals surface area contributed by atoms with Crippen molar-refractivity contribution in [2.45, 2.75) is 38.1 Å². The number of aliphatic hydroxyl groups excluding tert-OH is 1. The molecule has 0 aliphatic rings. The van der Waals surface area contributed by atoms with Crippen molar-refractivity contribution in [2.24, 2.45) is 0 Å². The molecule has 2 N–H and O–H groups in total. The van der Waals surface area contributed by atoms with E-state index >= 15 is 0 Å². The number of ether oxygens (including phenoxy) is 2. The van der Waals surface area contributed by atoms with Gasteiger partial charge in [-0.1, -0.05) is 26.0 Å². The van der Waals surface area contributed by atoms with E-state index in [1.54, 1.807) is 0 Å². The highest BCUT2D eigenvalue weighted by Gasteiger charge is 2.34. The van der Waals surface area contributed by atoms with Crippen LogP contribution in [0.4, 0.5) is 0 Å². The molecular weight excluding hydrogens is 252 g/mol. The Morgan fingerprint density at radius 1 is 1.00 bits per heavy atom. The molecule has 0 heterocycles. The number of aliphatic hydroxyl groups is 2. The second-order valence-corrected chi connectivity index (χ2v) is 3.85. The molecule has 0 aliphatic heterocycles. The molecule has 0 aromatic heterocycles. The van der Waals surface area contributed by atoms with Gasteiger partial charge in [-0.25, -0.2) is 9.59 Å². The Bertz CT molecular complexity index is 301. The topological polar surface area (TPSA) is 93.1 Å². The largest absolute Gasteiger partial charge is 0.396 e. The average Bonchev–Trinajstić information content (AvgIpc) is 2.38. The molecule has 0 aromatic carbocycles. The molecule has 6 heteroatoms. The van der Waals surface area contributed by atoms with Gasteiger partial charge in [0.15, 0.2) is 0 Å². The summed E-state index contributed by atoms with van der Waals surface area (Å²) >= 11 is 0. The Morgan fingerprint density at radius 3 is 1.89 bits per heavy atom. The van der Waals surface area contributed by atoms with Crippen LogP contribution in [0.25, 0.3) is 0 Å². The Kier molecular flexibility index (Phi) is 8.48. The number of unbranched alkanes of at least 4 members (excludes halogenated alkanes) is 3. The predicted molar refractivity (Wildman–Crippen MR) is 67.7 cm³/mol. The summed E-state index contributed by atoms with van der Waals surface area (Å²) < 4.78 is 9.25. The molecule has 0 aromatic rings. The van der Waals surface area contributed by atoms with Gasteiger partial charge in [-0.05, 0) is 12.8 Å². The minimum Gasteiger partial charge on any atom is -0.396 e. The molecule has 0 radical (unpaired) electrons. The third-order valence-electron chi connectivity index (χ3n) is 2.25. The Hall–Kier alpha value is -1.66. The van der Waals surface area contributed by atoms with Crippen LogP contribution in [0.5, 0.6) is 0 Å². The van der Waals surface area contributed by atoms with Crippen molar-refractivity contribution in [1.82, 2.24) is 0 Å². The average molecular weight is 272 g/mol. The lowest BCUT2D eigenvalue weighted by atomic mass is 10.1. The first-order valence-corrected chi connectivity index (χ1v) is 6.01. The molecule has 0 atom stereocenters. The van der Waals surface area contributed by atoms with E-state index in [2.05, 4.69) is 22.6 Å². The molecule has 0 unspecified atom stereocenters. The van der Waals surface area contributed by atoms with Crippen LogP contribution in [-0.4, -0.2) is 34.7 Å². The fourth-order valence-corrected chi connectivity index (χ4v) is 1.33. The highest BCUT2D eigenvalue weighted by molar-refractivity contribution is 5.83. The van der Waals surface area contributed by atoms with E-state index in [0.29, 0.717) is 19.3 Å². The monoisotopic (exact) mass is 272 g/mol. The highest BCUT2D eigenvalue weighted by Crippen LogP contribution is 2.20. The molecule has 6 nitrogen and oxygen atoms in total. The smallest absolute Gasteiger partial charge is 0.373 e. The zero-order valence-electron chi connectivity index (χ0n) is 10.8. The molecule has 0 rings (SSSR count). The molecule has 0 bridgehead atoms. The van der Waals surface area contributed by atoms with E-state index in [1.807, 2.05) is 0 Å². The maximum atomic E-state index is 11.1. The second-order valence-electron chi connectivity index (χ2n) is 3.85. The fraction of sp³-hybridized carbons (Fsp3) is 0.538. The summed E-state index contributed by atoms with van der Waals surface area (Å²) in [4.78, 5) is 22.2. The second kappa shape index (κ2) is 9.29. The predicted octanol–water partition coefficient (Wildman–Crippen LogP) is 1.03. The van der Waals surface area contributed by atoms with E-state index in [-0.39, 0.29) is 13.0 Å². The van der Waals surface area contributed by atoms with Crippen molar-refractivity contribution in [2.75, 3.05) is 6.61 Å². The van der Waals surface area contributed by atoms with Gasteiger partial charge in [-0.15, -0.1) is 0 Å². The lowest BCUT2D eigenvalue weighted by Gasteiger charge is -2.25. The Morgan fingerprint density at radius 2 is 1.47 bits per heavy atom. The van der Waals surface area contributed by atoms with Crippen molar-refractivity contribution in [3.05, 3.63) is 25.3 Å². The van der Waals surface area contributed by atoms with Crippen molar-refractivity contribution < 1.29 is 29.3 Å². The number of rotatable bonds is 10. The summed E-state index contributed by atoms with van der Waals surface area (Å²) in [5.41, 5.74) is 0. The molecule has 0 spiro atoms. The quantitative estimate of drug-likeness (QED) is 0.267. The van der Waals surface area contributed by atoms with Gasteiger partial charge >= 0.3 is 17.9 Å². The summed E-state index contributed by atoms with van der Waals surface area (Å²) in [6.45, 7) is 6.48. The maximum absolute atomic E-state index is 11.1. The number of carbonyl (C=O) groups excluding carboxylic acids is 2. The number of hydrogen-bond donors (Lipinski definition) is 2. The number of carbonyl (C=O) groups is 2. The van der Waals surface area contributed by atoms with E-state index in [4.69, 9.17) is 5.11 Å². The maximum Gasteiger partial charge on any atom is 0.373 e. The molecule has 0 amide bonds. The van der Waals surface area contributed by atoms with Crippen molar-refractivity contribution in [3.63, 3.8) is 0 Å². The van der Waals surface area contributed by atoms with E-state index in [1.165, 1.54) is 0 Å². The molecule has 0 saturated heterocycles. The zero-order valence-corrected chi connectivity index (χ0v) is 10.8. The fourth-order valence-electron chi connectivity index (χ4n) is 1.33. The third kappa shape index (κ3) is 8.12. The summed E-state index contributed by atoms with van der Waals surface area (Å²) in [6.07, 6.45) is 4.23. The normalized spacial score (nSPS) is 10.6. The molecule has 19 heavy (non-hydrogen) atoms. The third-order valence-corrected chi connectivity index (χ3v) is 2.25. The van der Waals surface area contributed by atoms with Gasteiger partial charge < -0.3 is 19.7 Å². The van der Waals surface area contributed by atoms with Crippen LogP contribution in [0, 0.1) is 0 Å². The van der Waals surface area contributed by atoms with Crippen LogP contribution in [-0.2, 0) is 19.1 Å². The molecular formula is C13H20O6. The Labute approximate surface area is 112 Å². The molecule has 108 valence electrons. The van der Waals surface area contributed by atoms with E-state index in [9.17, 15) is 14.7 Å². The van der Waals surface area contributed by atoms with Gasteiger partial charge in [0.2, 0.25) is 0 Å². The first kappa shape index (κ1) is 17.3. The van der Waals surface area contributed by atoms with Crippen molar-refractivity contribution >= 4 is 11.9 Å². The summed E-state index contributed by atoms with van der Waals surface area (Å²) in [5, 5.41) is 18.6. The van der Waals surface area contributed by atoms with Gasteiger partial charge in [0, 0.05) is 18.8 Å². The minimum absolute atomic E-state index is 0.0579. The number of hydrogen-bond acceptors (Lipinski definition) is 6. The van der Waals surface area contributed by atoms with Crippen molar-refractivity contribution in [1.29, 1.82) is 0 Å². The van der Waals surface area contributed by atoms with Gasteiger partial charge in [0.25, 0.3) is 0 Å². The summed E-state index contributed by atoms with van der Waals surface area (Å²) in [7, 11) is 0. The van der Waals surface area contributed by atoms with E-state index < -0.39 is 17.9 Å². The van der Waals surface area contributed by atoms with E-state index in [0.717, 1.165) is 18.6 Å². The lowest BCUT2D eigenvalue weighted by molar-refractivity contribution is -0.324. The molecule has 0 aliphatic carbocycles. The van der Waals surface area contributed by atoms with Crippen LogP contribution in [0.3, 0.4) is 0 Å².